The average Bonchev–Trinajstić information content (AvgIpc) is 3.16. The fourth-order valence-electron chi connectivity index (χ4n) is 3.23. The topological polar surface area (TPSA) is 54.9 Å². The second-order valence-electron chi connectivity index (χ2n) is 7.37. The van der Waals surface area contributed by atoms with E-state index >= 15 is 0 Å². The molecule has 0 aliphatic rings. The van der Waals surface area contributed by atoms with Crippen molar-refractivity contribution in [3.8, 4) is 11.5 Å². The first-order chi connectivity index (χ1) is 15.3. The third-order valence-corrected chi connectivity index (χ3v) is 5.68. The van der Waals surface area contributed by atoms with Crippen molar-refractivity contribution < 1.29 is 23.0 Å². The second kappa shape index (κ2) is 10.7. The number of anilines is 1. The van der Waals surface area contributed by atoms with Crippen molar-refractivity contribution in [2.75, 3.05) is 45.3 Å². The van der Waals surface area contributed by atoms with Crippen molar-refractivity contribution in [1.29, 1.82) is 0 Å². The highest BCUT2D eigenvalue weighted by Crippen LogP contribution is 2.34. The minimum atomic E-state index is -0.747. The van der Waals surface area contributed by atoms with Crippen LogP contribution in [0.1, 0.15) is 30.6 Å². The number of benzene rings is 2. The summed E-state index contributed by atoms with van der Waals surface area (Å²) in [5, 5.41) is 0.320. The molecule has 0 radical (unpaired) electrons. The van der Waals surface area contributed by atoms with E-state index in [4.69, 9.17) is 9.47 Å². The smallest absolute Gasteiger partial charge is 0.260 e. The van der Waals surface area contributed by atoms with Crippen molar-refractivity contribution in [2.24, 2.45) is 0 Å². The zero-order chi connectivity index (χ0) is 23.3. The van der Waals surface area contributed by atoms with Gasteiger partial charge in [-0.05, 0) is 65.2 Å². The van der Waals surface area contributed by atoms with Crippen molar-refractivity contribution >= 4 is 32.6 Å². The molecule has 1 aromatic heterocycles. The van der Waals surface area contributed by atoms with Gasteiger partial charge in [-0.3, -0.25) is 9.69 Å². The predicted molar refractivity (Wildman–Crippen MR) is 123 cm³/mol. The number of hydrogen-bond donors (Lipinski definition) is 0. The minimum absolute atomic E-state index is 0.0542. The lowest BCUT2D eigenvalue weighted by Crippen LogP contribution is -2.33. The summed E-state index contributed by atoms with van der Waals surface area (Å²) in [6.07, 6.45) is 0.681. The lowest BCUT2D eigenvalue weighted by Gasteiger charge is -2.21. The van der Waals surface area contributed by atoms with E-state index in [-0.39, 0.29) is 11.4 Å². The fraction of sp³-hybridized carbons (Fsp3) is 0.391. The summed E-state index contributed by atoms with van der Waals surface area (Å²) in [6.45, 7) is 5.75. The van der Waals surface area contributed by atoms with Gasteiger partial charge in [0.05, 0.1) is 17.9 Å². The van der Waals surface area contributed by atoms with Crippen LogP contribution < -0.4 is 14.4 Å². The van der Waals surface area contributed by atoms with Gasteiger partial charge in [0, 0.05) is 18.2 Å². The number of rotatable bonds is 10. The van der Waals surface area contributed by atoms with Crippen LogP contribution in [-0.4, -0.2) is 56.2 Å². The Bertz CT molecular complexity index is 1090. The first-order valence-electron chi connectivity index (χ1n) is 10.5. The fourth-order valence-corrected chi connectivity index (χ4v) is 4.26. The van der Waals surface area contributed by atoms with Gasteiger partial charge in [0.15, 0.2) is 22.4 Å². The third kappa shape index (κ3) is 5.52. The molecule has 1 amide bonds. The normalized spacial score (nSPS) is 11.2. The van der Waals surface area contributed by atoms with Crippen molar-refractivity contribution in [3.63, 3.8) is 0 Å². The Labute approximate surface area is 190 Å². The SMILES string of the molecule is CCOc1ccc(C(=O)N(CCCN(C)C)c2nc3c(F)cc(F)cc3s2)cc1OCC. The number of nitrogens with zero attached hydrogens (tertiary/aromatic N) is 3. The third-order valence-electron chi connectivity index (χ3n) is 4.66. The van der Waals surface area contributed by atoms with E-state index in [9.17, 15) is 13.6 Å². The molecule has 0 fully saturated rings. The standard InChI is InChI=1S/C23H27F2N3O3S/c1-5-30-18-9-8-15(12-19(18)31-6-2)22(29)28(11-7-10-27(3)4)23-26-21-17(25)13-16(24)14-20(21)32-23/h8-9,12-14H,5-7,10-11H2,1-4H3. The van der Waals surface area contributed by atoms with Crippen LogP contribution >= 0.6 is 11.3 Å². The largest absolute Gasteiger partial charge is 0.490 e. The number of ether oxygens (including phenoxy) is 2. The Hall–Kier alpha value is -2.78. The summed E-state index contributed by atoms with van der Waals surface area (Å²) in [4.78, 5) is 21.3. The number of fused-ring (bicyclic) bond motifs is 1. The zero-order valence-electron chi connectivity index (χ0n) is 18.7. The summed E-state index contributed by atoms with van der Waals surface area (Å²) in [5.41, 5.74) is 0.450. The molecule has 2 aromatic carbocycles. The molecule has 0 spiro atoms. The minimum Gasteiger partial charge on any atom is -0.490 e. The molecule has 9 heteroatoms. The number of amides is 1. The average molecular weight is 464 g/mol. The van der Waals surface area contributed by atoms with E-state index in [0.29, 0.717) is 53.1 Å². The van der Waals surface area contributed by atoms with Crippen LogP contribution in [0.25, 0.3) is 10.2 Å². The van der Waals surface area contributed by atoms with Gasteiger partial charge in [0.1, 0.15) is 11.3 Å². The Balaban J connectivity index is 1.99. The molecule has 0 bridgehead atoms. The van der Waals surface area contributed by atoms with E-state index in [1.165, 1.54) is 11.0 Å². The molecule has 0 aliphatic carbocycles. The van der Waals surface area contributed by atoms with Crippen LogP contribution in [0.2, 0.25) is 0 Å². The summed E-state index contributed by atoms with van der Waals surface area (Å²) < 4.78 is 39.5. The number of hydrogen-bond acceptors (Lipinski definition) is 6. The van der Waals surface area contributed by atoms with E-state index in [1.54, 1.807) is 18.2 Å². The van der Waals surface area contributed by atoms with Crippen molar-refractivity contribution in [1.82, 2.24) is 9.88 Å². The molecule has 172 valence electrons. The summed E-state index contributed by atoms with van der Waals surface area (Å²) >= 11 is 1.09. The monoisotopic (exact) mass is 463 g/mol. The molecule has 0 N–H and O–H groups in total. The summed E-state index contributed by atoms with van der Waals surface area (Å²) in [6, 6.07) is 7.04. The molecule has 0 unspecified atom stereocenters. The summed E-state index contributed by atoms with van der Waals surface area (Å²) in [5.74, 6) is -0.687. The first kappa shape index (κ1) is 23.9. The van der Waals surface area contributed by atoms with Crippen LogP contribution in [0.4, 0.5) is 13.9 Å². The molecular weight excluding hydrogens is 436 g/mol. The van der Waals surface area contributed by atoms with Gasteiger partial charge >= 0.3 is 0 Å². The zero-order valence-corrected chi connectivity index (χ0v) is 19.5. The van der Waals surface area contributed by atoms with Gasteiger partial charge < -0.3 is 14.4 Å². The molecule has 1 heterocycles. The molecule has 6 nitrogen and oxygen atoms in total. The van der Waals surface area contributed by atoms with Gasteiger partial charge in [-0.2, -0.15) is 0 Å². The highest BCUT2D eigenvalue weighted by atomic mass is 32.1. The van der Waals surface area contributed by atoms with Gasteiger partial charge in [0.2, 0.25) is 0 Å². The maximum Gasteiger partial charge on any atom is 0.260 e. The number of halogens is 2. The lowest BCUT2D eigenvalue weighted by atomic mass is 10.1. The van der Waals surface area contributed by atoms with Gasteiger partial charge in [-0.25, -0.2) is 13.8 Å². The Morgan fingerprint density at radius 3 is 2.44 bits per heavy atom. The number of thiazole rings is 1. The molecule has 3 rings (SSSR count). The van der Waals surface area contributed by atoms with Crippen molar-refractivity contribution in [3.05, 3.63) is 47.5 Å². The predicted octanol–water partition coefficient (Wildman–Crippen LogP) is 4.97. The molecule has 0 saturated heterocycles. The molecular formula is C23H27F2N3O3S. The lowest BCUT2D eigenvalue weighted by molar-refractivity contribution is 0.0985. The van der Waals surface area contributed by atoms with E-state index in [2.05, 4.69) is 4.98 Å². The Kier molecular flexibility index (Phi) is 7.98. The molecule has 32 heavy (non-hydrogen) atoms. The van der Waals surface area contributed by atoms with Crippen molar-refractivity contribution in [2.45, 2.75) is 20.3 Å². The van der Waals surface area contributed by atoms with Crippen LogP contribution in [0.3, 0.4) is 0 Å². The maximum absolute atomic E-state index is 14.2. The van der Waals surface area contributed by atoms with Crippen LogP contribution in [0, 0.1) is 11.6 Å². The highest BCUT2D eigenvalue weighted by Gasteiger charge is 2.23. The van der Waals surface area contributed by atoms with E-state index in [0.717, 1.165) is 23.9 Å². The first-order valence-corrected chi connectivity index (χ1v) is 11.3. The summed E-state index contributed by atoms with van der Waals surface area (Å²) in [7, 11) is 3.89. The second-order valence-corrected chi connectivity index (χ2v) is 8.38. The van der Waals surface area contributed by atoms with Gasteiger partial charge in [-0.1, -0.05) is 11.3 Å². The molecule has 0 atom stereocenters. The maximum atomic E-state index is 14.2. The number of aromatic nitrogens is 1. The van der Waals surface area contributed by atoms with Gasteiger partial charge in [0.25, 0.3) is 5.91 Å². The van der Waals surface area contributed by atoms with Crippen LogP contribution in [0.5, 0.6) is 11.5 Å². The number of carbonyl (C=O) groups excluding carboxylic acids is 1. The van der Waals surface area contributed by atoms with Gasteiger partial charge in [-0.15, -0.1) is 0 Å². The molecule has 0 aliphatic heterocycles. The van der Waals surface area contributed by atoms with E-state index < -0.39 is 11.6 Å². The molecule has 0 saturated carbocycles. The molecule has 3 aromatic rings. The number of carbonyl (C=O) groups is 1. The Morgan fingerprint density at radius 1 is 1.03 bits per heavy atom. The highest BCUT2D eigenvalue weighted by molar-refractivity contribution is 7.22. The van der Waals surface area contributed by atoms with E-state index in [1.807, 2.05) is 32.8 Å². The van der Waals surface area contributed by atoms with Crippen LogP contribution in [-0.2, 0) is 0 Å². The van der Waals surface area contributed by atoms with Crippen LogP contribution in [0.15, 0.2) is 30.3 Å². The Morgan fingerprint density at radius 2 is 1.75 bits per heavy atom. The quantitative estimate of drug-likeness (QED) is 0.425.